The quantitative estimate of drug-likeness (QED) is 0.345. The number of ether oxygens (including phenoxy) is 3. The molecule has 1 fully saturated rings. The Morgan fingerprint density at radius 2 is 1.71 bits per heavy atom. The molecule has 5 heteroatoms. The molecular weight excluding hydrogens is 476 g/mol. The second-order valence-corrected chi connectivity index (χ2v) is 11.3. The molecule has 3 aromatic carbocycles. The molecule has 0 amide bonds. The van der Waals surface area contributed by atoms with Crippen LogP contribution in [-0.2, 0) is 11.2 Å². The van der Waals surface area contributed by atoms with Crippen LogP contribution in [0.1, 0.15) is 71.8 Å². The number of benzene rings is 3. The molecule has 1 N–H and O–H groups in total. The van der Waals surface area contributed by atoms with Crippen molar-refractivity contribution < 1.29 is 24.1 Å². The summed E-state index contributed by atoms with van der Waals surface area (Å²) in [5.41, 5.74) is 8.22. The first kappa shape index (κ1) is 24.8. The first-order valence-corrected chi connectivity index (χ1v) is 13.9. The van der Waals surface area contributed by atoms with Gasteiger partial charge in [-0.1, -0.05) is 43.2 Å². The van der Waals surface area contributed by atoms with E-state index in [0.717, 1.165) is 41.4 Å². The first-order chi connectivity index (χ1) is 18.5. The number of carbonyl (C=O) groups is 1. The highest BCUT2D eigenvalue weighted by Crippen LogP contribution is 2.46. The topological polar surface area (TPSA) is 65.0 Å². The molecule has 6 rings (SSSR count). The van der Waals surface area contributed by atoms with Crippen LogP contribution in [0, 0.1) is 19.8 Å². The number of rotatable bonds is 8. The highest BCUT2D eigenvalue weighted by Gasteiger charge is 2.30. The van der Waals surface area contributed by atoms with Crippen LogP contribution >= 0.6 is 0 Å². The smallest absolute Gasteiger partial charge is 0.304 e. The van der Waals surface area contributed by atoms with Gasteiger partial charge in [0.25, 0.3) is 0 Å². The Kier molecular flexibility index (Phi) is 6.77. The molecule has 0 spiro atoms. The van der Waals surface area contributed by atoms with Crippen molar-refractivity contribution in [3.63, 3.8) is 0 Å². The van der Waals surface area contributed by atoms with Crippen molar-refractivity contribution in [1.29, 1.82) is 0 Å². The maximum Gasteiger partial charge on any atom is 0.304 e. The molecule has 3 aliphatic rings. The van der Waals surface area contributed by atoms with Gasteiger partial charge in [-0.2, -0.15) is 0 Å². The molecule has 3 aromatic rings. The number of aryl methyl sites for hydroxylation is 2. The fourth-order valence-electron chi connectivity index (χ4n) is 6.61. The summed E-state index contributed by atoms with van der Waals surface area (Å²) in [4.78, 5) is 11.2. The van der Waals surface area contributed by atoms with Crippen LogP contribution in [0.25, 0.3) is 11.1 Å². The summed E-state index contributed by atoms with van der Waals surface area (Å²) in [5, 5.41) is 9.18. The maximum atomic E-state index is 11.2. The van der Waals surface area contributed by atoms with E-state index in [0.29, 0.717) is 19.1 Å². The molecule has 0 aromatic heterocycles. The molecule has 5 nitrogen and oxygen atoms in total. The molecular formula is C33H36O5. The maximum absolute atomic E-state index is 11.2. The van der Waals surface area contributed by atoms with Crippen molar-refractivity contribution in [2.24, 2.45) is 5.92 Å². The van der Waals surface area contributed by atoms with E-state index < -0.39 is 5.97 Å². The second kappa shape index (κ2) is 10.4. The molecule has 38 heavy (non-hydrogen) atoms. The van der Waals surface area contributed by atoms with Gasteiger partial charge >= 0.3 is 5.97 Å². The number of hydrogen-bond donors (Lipinski definition) is 1. The SMILES string of the molecule is Cc1cc(OCC2CCCC2)cc(C)c1-c1cccc2c1OC[C@H]2Cc1ccc2c(c1)OC[C@H]2CC(=O)O. The van der Waals surface area contributed by atoms with E-state index in [9.17, 15) is 9.90 Å². The van der Waals surface area contributed by atoms with Crippen LogP contribution in [0.5, 0.6) is 17.2 Å². The monoisotopic (exact) mass is 512 g/mol. The Bertz CT molecular complexity index is 1330. The first-order valence-electron chi connectivity index (χ1n) is 13.9. The highest BCUT2D eigenvalue weighted by atomic mass is 16.5. The lowest BCUT2D eigenvalue weighted by molar-refractivity contribution is -0.137. The third kappa shape index (κ3) is 4.87. The molecule has 0 radical (unpaired) electrons. The molecule has 1 aliphatic carbocycles. The Balaban J connectivity index is 1.21. The third-order valence-corrected chi connectivity index (χ3v) is 8.51. The van der Waals surface area contributed by atoms with Gasteiger partial charge in [-0.15, -0.1) is 0 Å². The average molecular weight is 513 g/mol. The van der Waals surface area contributed by atoms with Gasteiger partial charge in [0.15, 0.2) is 0 Å². The van der Waals surface area contributed by atoms with Crippen LogP contribution in [0.15, 0.2) is 48.5 Å². The van der Waals surface area contributed by atoms with E-state index in [1.165, 1.54) is 53.5 Å². The molecule has 2 atom stereocenters. The summed E-state index contributed by atoms with van der Waals surface area (Å²) in [6.45, 7) is 6.23. The van der Waals surface area contributed by atoms with Crippen molar-refractivity contribution in [2.75, 3.05) is 19.8 Å². The average Bonchev–Trinajstić information content (AvgIpc) is 3.64. The van der Waals surface area contributed by atoms with Gasteiger partial charge < -0.3 is 19.3 Å². The van der Waals surface area contributed by atoms with Gasteiger partial charge in [0.05, 0.1) is 26.2 Å². The van der Waals surface area contributed by atoms with E-state index in [1.807, 2.05) is 6.07 Å². The molecule has 2 aliphatic heterocycles. The zero-order valence-electron chi connectivity index (χ0n) is 22.3. The lowest BCUT2D eigenvalue weighted by Gasteiger charge is -2.17. The highest BCUT2D eigenvalue weighted by molar-refractivity contribution is 5.79. The molecule has 0 bridgehead atoms. The van der Waals surface area contributed by atoms with Crippen LogP contribution < -0.4 is 14.2 Å². The van der Waals surface area contributed by atoms with Crippen molar-refractivity contribution in [3.05, 3.63) is 76.3 Å². The standard InChI is InChI=1S/C33H36O5/c1-20-12-26(36-17-22-6-3-4-7-22)13-21(2)32(20)29-9-5-8-28-24(19-38-33(28)29)14-23-10-11-27-25(16-31(34)35)18-37-30(27)15-23/h5,8-13,15,22,24-25H,3-4,6-7,14,16-19H2,1-2H3,(H,34,35)/t24-,25-/m1/s1. The summed E-state index contributed by atoms with van der Waals surface area (Å²) in [7, 11) is 0. The van der Waals surface area contributed by atoms with Gasteiger partial charge in [-0.05, 0) is 79.5 Å². The normalized spacial score (nSPS) is 20.1. The predicted molar refractivity (Wildman–Crippen MR) is 148 cm³/mol. The zero-order valence-corrected chi connectivity index (χ0v) is 22.3. The number of aliphatic carboxylic acids is 1. The number of carboxylic acid groups (broad SMARTS) is 1. The Labute approximate surface area is 224 Å². The fourth-order valence-corrected chi connectivity index (χ4v) is 6.61. The molecule has 198 valence electrons. The number of hydrogen-bond acceptors (Lipinski definition) is 4. The number of carboxylic acids is 1. The van der Waals surface area contributed by atoms with E-state index >= 15 is 0 Å². The lowest BCUT2D eigenvalue weighted by Crippen LogP contribution is -2.08. The molecule has 1 saturated carbocycles. The Morgan fingerprint density at radius 3 is 2.47 bits per heavy atom. The van der Waals surface area contributed by atoms with Crippen LogP contribution in [0.4, 0.5) is 0 Å². The lowest BCUT2D eigenvalue weighted by atomic mass is 9.88. The minimum absolute atomic E-state index is 0.0689. The summed E-state index contributed by atoms with van der Waals surface area (Å²) in [5.74, 6) is 2.87. The third-order valence-electron chi connectivity index (χ3n) is 8.51. The van der Waals surface area contributed by atoms with E-state index in [4.69, 9.17) is 14.2 Å². The number of para-hydroxylation sites is 1. The van der Waals surface area contributed by atoms with Crippen molar-refractivity contribution in [1.82, 2.24) is 0 Å². The van der Waals surface area contributed by atoms with E-state index in [1.54, 1.807) is 0 Å². The Hall–Kier alpha value is -3.47. The molecule has 2 heterocycles. The van der Waals surface area contributed by atoms with Crippen molar-refractivity contribution in [3.8, 4) is 28.4 Å². The van der Waals surface area contributed by atoms with Crippen molar-refractivity contribution >= 4 is 5.97 Å². The van der Waals surface area contributed by atoms with Gasteiger partial charge in [0, 0.05) is 28.5 Å². The van der Waals surface area contributed by atoms with Crippen molar-refractivity contribution in [2.45, 2.75) is 64.2 Å². The van der Waals surface area contributed by atoms with Crippen LogP contribution in [0.3, 0.4) is 0 Å². The minimum atomic E-state index is -0.789. The largest absolute Gasteiger partial charge is 0.493 e. The Morgan fingerprint density at radius 1 is 0.947 bits per heavy atom. The van der Waals surface area contributed by atoms with Crippen LogP contribution in [0.2, 0.25) is 0 Å². The van der Waals surface area contributed by atoms with E-state index in [2.05, 4.69) is 56.3 Å². The molecule has 0 saturated heterocycles. The minimum Gasteiger partial charge on any atom is -0.493 e. The van der Waals surface area contributed by atoms with Crippen LogP contribution in [-0.4, -0.2) is 30.9 Å². The summed E-state index contributed by atoms with van der Waals surface area (Å²) in [6.07, 6.45) is 6.19. The van der Waals surface area contributed by atoms with Gasteiger partial charge in [-0.3, -0.25) is 4.79 Å². The summed E-state index contributed by atoms with van der Waals surface area (Å²) in [6, 6.07) is 17.1. The number of fused-ring (bicyclic) bond motifs is 2. The summed E-state index contributed by atoms with van der Waals surface area (Å²) >= 11 is 0. The fraction of sp³-hybridized carbons (Fsp3) is 0.424. The zero-order chi connectivity index (χ0) is 26.2. The van der Waals surface area contributed by atoms with Gasteiger partial charge in [0.2, 0.25) is 0 Å². The predicted octanol–water partition coefficient (Wildman–Crippen LogP) is 7.21. The van der Waals surface area contributed by atoms with Gasteiger partial charge in [-0.25, -0.2) is 0 Å². The van der Waals surface area contributed by atoms with E-state index in [-0.39, 0.29) is 18.3 Å². The second-order valence-electron chi connectivity index (χ2n) is 11.3. The van der Waals surface area contributed by atoms with Gasteiger partial charge in [0.1, 0.15) is 17.2 Å². The molecule has 0 unspecified atom stereocenters. The summed E-state index contributed by atoms with van der Waals surface area (Å²) < 4.78 is 18.4.